The summed E-state index contributed by atoms with van der Waals surface area (Å²) >= 11 is 0. The van der Waals surface area contributed by atoms with Crippen LogP contribution in [0.2, 0.25) is 0 Å². The van der Waals surface area contributed by atoms with Crippen molar-refractivity contribution in [2.75, 3.05) is 13.1 Å². The molecule has 140 valence electrons. The van der Waals surface area contributed by atoms with Gasteiger partial charge in [0.1, 0.15) is 0 Å². The molecule has 6 heteroatoms. The topological polar surface area (TPSA) is 75.3 Å². The molecule has 0 aliphatic rings. The summed E-state index contributed by atoms with van der Waals surface area (Å²) in [6, 6.07) is 15.2. The molecule has 0 spiro atoms. The van der Waals surface area contributed by atoms with E-state index in [2.05, 4.69) is 10.0 Å². The Morgan fingerprint density at radius 3 is 2.46 bits per heavy atom. The van der Waals surface area contributed by atoms with Gasteiger partial charge in [0, 0.05) is 19.5 Å². The number of hydrogen-bond acceptors (Lipinski definition) is 3. The summed E-state index contributed by atoms with van der Waals surface area (Å²) in [4.78, 5) is 12.2. The van der Waals surface area contributed by atoms with E-state index in [1.165, 1.54) is 0 Å². The maximum absolute atomic E-state index is 12.4. The first kappa shape index (κ1) is 20.1. The van der Waals surface area contributed by atoms with Crippen molar-refractivity contribution in [1.82, 2.24) is 10.0 Å². The number of benzene rings is 2. The second-order valence-electron chi connectivity index (χ2n) is 6.53. The summed E-state index contributed by atoms with van der Waals surface area (Å²) < 4.78 is 27.3. The first-order chi connectivity index (χ1) is 12.3. The monoisotopic (exact) mass is 374 g/mol. The van der Waals surface area contributed by atoms with E-state index in [-0.39, 0.29) is 29.7 Å². The fourth-order valence-electron chi connectivity index (χ4n) is 2.63. The zero-order valence-electron chi connectivity index (χ0n) is 15.5. The molecule has 0 bridgehead atoms. The number of hydrogen-bond donors (Lipinski definition) is 2. The number of rotatable bonds is 8. The van der Waals surface area contributed by atoms with Crippen LogP contribution in [0.5, 0.6) is 0 Å². The third kappa shape index (κ3) is 5.68. The van der Waals surface area contributed by atoms with Gasteiger partial charge in [-0.25, -0.2) is 13.1 Å². The lowest BCUT2D eigenvalue weighted by molar-refractivity contribution is -0.120. The largest absolute Gasteiger partial charge is 0.355 e. The highest BCUT2D eigenvalue weighted by Crippen LogP contribution is 2.16. The lowest BCUT2D eigenvalue weighted by Gasteiger charge is -2.13. The molecule has 0 saturated heterocycles. The fraction of sp³-hybridized carbons (Fsp3) is 0.350. The maximum atomic E-state index is 12.4. The number of amides is 1. The molecule has 26 heavy (non-hydrogen) atoms. The molecular weight excluding hydrogens is 348 g/mol. The molecule has 5 nitrogen and oxygen atoms in total. The highest BCUT2D eigenvalue weighted by molar-refractivity contribution is 7.89. The Balaban J connectivity index is 1.81. The quantitative estimate of drug-likeness (QED) is 0.746. The van der Waals surface area contributed by atoms with Crippen LogP contribution in [0.15, 0.2) is 53.4 Å². The SMILES string of the molecule is Cc1ccc(C)c(S(=O)(=O)NCCC(=O)NCC(C)c2ccccc2)c1. The molecular formula is C20H26N2O3S. The predicted octanol–water partition coefficient (Wildman–Crippen LogP) is 2.89. The lowest BCUT2D eigenvalue weighted by atomic mass is 10.0. The highest BCUT2D eigenvalue weighted by atomic mass is 32.2. The van der Waals surface area contributed by atoms with Gasteiger partial charge >= 0.3 is 0 Å². The van der Waals surface area contributed by atoms with Crippen molar-refractivity contribution in [1.29, 1.82) is 0 Å². The van der Waals surface area contributed by atoms with Crippen LogP contribution < -0.4 is 10.0 Å². The van der Waals surface area contributed by atoms with Gasteiger partial charge in [-0.3, -0.25) is 4.79 Å². The van der Waals surface area contributed by atoms with Gasteiger partial charge in [-0.1, -0.05) is 49.4 Å². The van der Waals surface area contributed by atoms with Crippen LogP contribution in [0.1, 0.15) is 36.0 Å². The summed E-state index contributed by atoms with van der Waals surface area (Å²) in [7, 11) is -3.61. The minimum absolute atomic E-state index is 0.0707. The summed E-state index contributed by atoms with van der Waals surface area (Å²) in [6.45, 7) is 6.23. The summed E-state index contributed by atoms with van der Waals surface area (Å²) in [5, 5.41) is 2.85. The van der Waals surface area contributed by atoms with Crippen molar-refractivity contribution >= 4 is 15.9 Å². The molecule has 0 fully saturated rings. The van der Waals surface area contributed by atoms with E-state index in [9.17, 15) is 13.2 Å². The van der Waals surface area contributed by atoms with E-state index in [0.29, 0.717) is 12.1 Å². The fourth-order valence-corrected chi connectivity index (χ4v) is 3.99. The Kier molecular flexibility index (Phi) is 6.94. The van der Waals surface area contributed by atoms with Crippen LogP contribution in [0.25, 0.3) is 0 Å². The molecule has 0 heterocycles. The van der Waals surface area contributed by atoms with Gasteiger partial charge in [0.05, 0.1) is 4.90 Å². The van der Waals surface area contributed by atoms with Crippen LogP contribution in [0.4, 0.5) is 0 Å². The number of carbonyl (C=O) groups is 1. The zero-order valence-corrected chi connectivity index (χ0v) is 16.3. The van der Waals surface area contributed by atoms with Gasteiger partial charge in [0.15, 0.2) is 0 Å². The van der Waals surface area contributed by atoms with E-state index in [4.69, 9.17) is 0 Å². The smallest absolute Gasteiger partial charge is 0.240 e. The Labute approximate surface area is 155 Å². The number of sulfonamides is 1. The molecule has 0 radical (unpaired) electrons. The van der Waals surface area contributed by atoms with Crippen LogP contribution >= 0.6 is 0 Å². The van der Waals surface area contributed by atoms with E-state index >= 15 is 0 Å². The molecule has 2 rings (SSSR count). The van der Waals surface area contributed by atoms with Gasteiger partial charge in [0.25, 0.3) is 0 Å². The van der Waals surface area contributed by atoms with Crippen molar-refractivity contribution in [2.45, 2.75) is 38.0 Å². The van der Waals surface area contributed by atoms with Crippen LogP contribution in [-0.2, 0) is 14.8 Å². The minimum Gasteiger partial charge on any atom is -0.355 e. The maximum Gasteiger partial charge on any atom is 0.240 e. The Morgan fingerprint density at radius 1 is 1.08 bits per heavy atom. The summed E-state index contributed by atoms with van der Waals surface area (Å²) in [5.41, 5.74) is 2.72. The Bertz CT molecular complexity index is 849. The third-order valence-corrected chi connectivity index (χ3v) is 5.85. The van der Waals surface area contributed by atoms with Crippen LogP contribution in [0.3, 0.4) is 0 Å². The zero-order chi connectivity index (χ0) is 19.2. The van der Waals surface area contributed by atoms with Crippen LogP contribution in [0, 0.1) is 13.8 Å². The van der Waals surface area contributed by atoms with Crippen molar-refractivity contribution in [2.24, 2.45) is 0 Å². The molecule has 0 aliphatic carbocycles. The molecule has 0 saturated carbocycles. The first-order valence-corrected chi connectivity index (χ1v) is 10.2. The van der Waals surface area contributed by atoms with E-state index in [0.717, 1.165) is 11.1 Å². The molecule has 0 aromatic heterocycles. The van der Waals surface area contributed by atoms with Crippen molar-refractivity contribution < 1.29 is 13.2 Å². The molecule has 0 aliphatic heterocycles. The molecule has 2 aromatic carbocycles. The third-order valence-electron chi connectivity index (χ3n) is 4.25. The lowest BCUT2D eigenvalue weighted by Crippen LogP contribution is -2.32. The van der Waals surface area contributed by atoms with E-state index < -0.39 is 10.0 Å². The number of carbonyl (C=O) groups excluding carboxylic acids is 1. The van der Waals surface area contributed by atoms with Crippen molar-refractivity contribution in [3.63, 3.8) is 0 Å². The van der Waals surface area contributed by atoms with Gasteiger partial charge in [-0.2, -0.15) is 0 Å². The van der Waals surface area contributed by atoms with Gasteiger partial charge in [-0.15, -0.1) is 0 Å². The molecule has 1 amide bonds. The van der Waals surface area contributed by atoms with Gasteiger partial charge < -0.3 is 5.32 Å². The van der Waals surface area contributed by atoms with E-state index in [1.54, 1.807) is 19.1 Å². The van der Waals surface area contributed by atoms with Gasteiger partial charge in [-0.05, 0) is 42.5 Å². The van der Waals surface area contributed by atoms with Crippen molar-refractivity contribution in [3.8, 4) is 0 Å². The first-order valence-electron chi connectivity index (χ1n) is 8.68. The van der Waals surface area contributed by atoms with Crippen molar-refractivity contribution in [3.05, 3.63) is 65.2 Å². The summed E-state index contributed by atoms with van der Waals surface area (Å²) in [5.74, 6) is 0.0308. The average molecular weight is 375 g/mol. The molecule has 1 unspecified atom stereocenters. The Hall–Kier alpha value is -2.18. The second kappa shape index (κ2) is 8.96. The average Bonchev–Trinajstić information content (AvgIpc) is 2.62. The van der Waals surface area contributed by atoms with Gasteiger partial charge in [0.2, 0.25) is 15.9 Å². The van der Waals surface area contributed by atoms with E-state index in [1.807, 2.05) is 50.2 Å². The second-order valence-corrected chi connectivity index (χ2v) is 8.27. The normalized spacial score (nSPS) is 12.6. The molecule has 1 atom stereocenters. The highest BCUT2D eigenvalue weighted by Gasteiger charge is 2.17. The predicted molar refractivity (Wildman–Crippen MR) is 104 cm³/mol. The Morgan fingerprint density at radius 2 is 1.77 bits per heavy atom. The molecule has 2 N–H and O–H groups in total. The number of aryl methyl sites for hydroxylation is 2. The van der Waals surface area contributed by atoms with Crippen LogP contribution in [-0.4, -0.2) is 27.4 Å². The summed E-state index contributed by atoms with van der Waals surface area (Å²) in [6.07, 6.45) is 0.103. The minimum atomic E-state index is -3.61. The number of nitrogens with one attached hydrogen (secondary N) is 2. The molecule has 2 aromatic rings. The standard InChI is InChI=1S/C20H26N2O3S/c1-15-9-10-16(2)19(13-15)26(24,25)22-12-11-20(23)21-14-17(3)18-7-5-4-6-8-18/h4-10,13,17,22H,11-12,14H2,1-3H3,(H,21,23).